The van der Waals surface area contributed by atoms with E-state index in [2.05, 4.69) is 0 Å². The molecule has 0 aliphatic carbocycles. The van der Waals surface area contributed by atoms with Gasteiger partial charge in [-0.2, -0.15) is 0 Å². The molecule has 1 aromatic carbocycles. The van der Waals surface area contributed by atoms with Gasteiger partial charge in [0.1, 0.15) is 11.4 Å². The largest absolute Gasteiger partial charge is 0.495 e. The molecule has 0 atom stereocenters. The van der Waals surface area contributed by atoms with Crippen molar-refractivity contribution in [2.75, 3.05) is 24.3 Å². The van der Waals surface area contributed by atoms with Crippen LogP contribution in [0.5, 0.6) is 5.75 Å². The lowest BCUT2D eigenvalue weighted by Gasteiger charge is -2.32. The fraction of sp³-hybridized carbons (Fsp3) is 0.533. The van der Waals surface area contributed by atoms with Crippen molar-refractivity contribution in [2.24, 2.45) is 0 Å². The van der Waals surface area contributed by atoms with Gasteiger partial charge < -0.3 is 15.2 Å². The number of fused-ring (bicyclic) bond motifs is 1. The van der Waals surface area contributed by atoms with E-state index in [4.69, 9.17) is 15.2 Å². The van der Waals surface area contributed by atoms with E-state index in [0.717, 1.165) is 24.1 Å². The Morgan fingerprint density at radius 2 is 2.05 bits per heavy atom. The van der Waals surface area contributed by atoms with Crippen LogP contribution in [-0.2, 0) is 11.2 Å². The molecular formula is C15H22N2O3. The lowest BCUT2D eigenvalue weighted by atomic mass is 10.0. The highest BCUT2D eigenvalue weighted by molar-refractivity contribution is 5.90. The third-order valence-electron chi connectivity index (χ3n) is 3.16. The summed E-state index contributed by atoms with van der Waals surface area (Å²) in [6.07, 6.45) is 1.48. The first-order chi connectivity index (χ1) is 9.31. The monoisotopic (exact) mass is 278 g/mol. The molecule has 0 saturated carbocycles. The van der Waals surface area contributed by atoms with Crippen LogP contribution in [-0.4, -0.2) is 25.3 Å². The first-order valence-corrected chi connectivity index (χ1v) is 6.79. The second-order valence-electron chi connectivity index (χ2n) is 5.96. The van der Waals surface area contributed by atoms with Gasteiger partial charge in [0.05, 0.1) is 18.5 Å². The van der Waals surface area contributed by atoms with Gasteiger partial charge >= 0.3 is 6.09 Å². The smallest absolute Gasteiger partial charge is 0.414 e. The van der Waals surface area contributed by atoms with E-state index < -0.39 is 5.60 Å². The minimum atomic E-state index is -0.507. The van der Waals surface area contributed by atoms with Gasteiger partial charge in [-0.3, -0.25) is 4.90 Å². The van der Waals surface area contributed by atoms with Crippen LogP contribution >= 0.6 is 0 Å². The number of rotatable bonds is 1. The van der Waals surface area contributed by atoms with E-state index >= 15 is 0 Å². The Morgan fingerprint density at radius 3 is 2.65 bits per heavy atom. The number of anilines is 2. The predicted octanol–water partition coefficient (Wildman–Crippen LogP) is 2.97. The third kappa shape index (κ3) is 2.98. The first-order valence-electron chi connectivity index (χ1n) is 6.79. The number of hydrogen-bond acceptors (Lipinski definition) is 4. The Morgan fingerprint density at radius 1 is 1.35 bits per heavy atom. The van der Waals surface area contributed by atoms with Crippen LogP contribution in [0.1, 0.15) is 32.8 Å². The summed E-state index contributed by atoms with van der Waals surface area (Å²) in [4.78, 5) is 13.9. The van der Waals surface area contributed by atoms with E-state index in [9.17, 15) is 4.79 Å². The minimum Gasteiger partial charge on any atom is -0.495 e. The summed E-state index contributed by atoms with van der Waals surface area (Å²) in [5, 5.41) is 0. The summed E-state index contributed by atoms with van der Waals surface area (Å²) in [5.74, 6) is 0.648. The van der Waals surface area contributed by atoms with Crippen molar-refractivity contribution in [3.8, 4) is 5.75 Å². The van der Waals surface area contributed by atoms with Crippen LogP contribution in [0.2, 0.25) is 0 Å². The lowest BCUT2D eigenvalue weighted by molar-refractivity contribution is 0.0578. The highest BCUT2D eigenvalue weighted by Crippen LogP contribution is 2.35. The topological polar surface area (TPSA) is 64.8 Å². The minimum absolute atomic E-state index is 0.331. The molecule has 0 unspecified atom stereocenters. The Kier molecular flexibility index (Phi) is 3.79. The summed E-state index contributed by atoms with van der Waals surface area (Å²) >= 11 is 0. The third-order valence-corrected chi connectivity index (χ3v) is 3.16. The van der Waals surface area contributed by atoms with E-state index in [1.807, 2.05) is 26.8 Å². The van der Waals surface area contributed by atoms with Gasteiger partial charge in [0.15, 0.2) is 0 Å². The number of hydrogen-bond donors (Lipinski definition) is 1. The molecule has 2 N–H and O–H groups in total. The molecular weight excluding hydrogens is 256 g/mol. The average Bonchev–Trinajstić information content (AvgIpc) is 2.35. The zero-order valence-electron chi connectivity index (χ0n) is 12.5. The summed E-state index contributed by atoms with van der Waals surface area (Å²) in [6.45, 7) is 6.22. The second kappa shape index (κ2) is 5.23. The van der Waals surface area contributed by atoms with Crippen LogP contribution in [0.15, 0.2) is 12.1 Å². The molecule has 0 spiro atoms. The maximum Gasteiger partial charge on any atom is 0.414 e. The highest BCUT2D eigenvalue weighted by atomic mass is 16.6. The molecule has 1 amide bonds. The molecule has 5 heteroatoms. The summed E-state index contributed by atoms with van der Waals surface area (Å²) in [5.41, 5.74) is 7.85. The van der Waals surface area contributed by atoms with E-state index in [-0.39, 0.29) is 6.09 Å². The number of nitrogen functional groups attached to an aromatic ring is 1. The van der Waals surface area contributed by atoms with E-state index in [1.54, 1.807) is 18.1 Å². The molecule has 1 aliphatic heterocycles. The molecule has 0 saturated heterocycles. The summed E-state index contributed by atoms with van der Waals surface area (Å²) < 4.78 is 10.7. The maximum absolute atomic E-state index is 12.3. The number of carbonyl (C=O) groups excluding carboxylic acids is 1. The molecule has 2 rings (SSSR count). The van der Waals surface area contributed by atoms with Crippen molar-refractivity contribution >= 4 is 17.5 Å². The van der Waals surface area contributed by atoms with E-state index in [1.165, 1.54) is 0 Å². The Balaban J connectivity index is 2.33. The molecule has 0 aromatic heterocycles. The number of nitrogens with zero attached hydrogens (tertiary/aromatic N) is 1. The molecule has 5 nitrogen and oxygen atoms in total. The Hall–Kier alpha value is -1.91. The first kappa shape index (κ1) is 14.5. The number of aryl methyl sites for hydroxylation is 1. The number of nitrogens with two attached hydrogens (primary N) is 1. The second-order valence-corrected chi connectivity index (χ2v) is 5.96. The zero-order valence-corrected chi connectivity index (χ0v) is 12.5. The summed E-state index contributed by atoms with van der Waals surface area (Å²) in [7, 11) is 1.59. The number of methoxy groups -OCH3 is 1. The molecule has 20 heavy (non-hydrogen) atoms. The molecule has 110 valence electrons. The lowest BCUT2D eigenvalue weighted by Crippen LogP contribution is -2.39. The van der Waals surface area contributed by atoms with E-state index in [0.29, 0.717) is 18.0 Å². The predicted molar refractivity (Wildman–Crippen MR) is 79.3 cm³/mol. The fourth-order valence-corrected chi connectivity index (χ4v) is 2.31. The zero-order chi connectivity index (χ0) is 14.9. The van der Waals surface area contributed by atoms with Crippen molar-refractivity contribution in [2.45, 2.75) is 39.2 Å². The maximum atomic E-state index is 12.3. The van der Waals surface area contributed by atoms with Gasteiger partial charge in [0, 0.05) is 6.54 Å². The number of benzene rings is 1. The van der Waals surface area contributed by atoms with Gasteiger partial charge in [-0.15, -0.1) is 0 Å². The molecule has 0 bridgehead atoms. The molecule has 0 radical (unpaired) electrons. The number of amides is 1. The average molecular weight is 278 g/mol. The molecule has 1 aliphatic rings. The van der Waals surface area contributed by atoms with Crippen molar-refractivity contribution < 1.29 is 14.3 Å². The van der Waals surface area contributed by atoms with Crippen molar-refractivity contribution in [3.63, 3.8) is 0 Å². The SMILES string of the molecule is COc1cc2c(cc1N)N(C(=O)OC(C)(C)C)CCC2. The highest BCUT2D eigenvalue weighted by Gasteiger charge is 2.28. The summed E-state index contributed by atoms with van der Waals surface area (Å²) in [6, 6.07) is 3.69. The molecule has 1 aromatic rings. The van der Waals surface area contributed by atoms with Crippen LogP contribution in [0, 0.1) is 0 Å². The van der Waals surface area contributed by atoms with Gasteiger partial charge in [-0.25, -0.2) is 4.79 Å². The van der Waals surface area contributed by atoms with Crippen molar-refractivity contribution in [3.05, 3.63) is 17.7 Å². The standard InChI is InChI=1S/C15H22N2O3/c1-15(2,3)20-14(18)17-7-5-6-10-8-13(19-4)11(16)9-12(10)17/h8-9H,5-7,16H2,1-4H3. The quantitative estimate of drug-likeness (QED) is 0.802. The fourth-order valence-electron chi connectivity index (χ4n) is 2.31. The van der Waals surface area contributed by atoms with Crippen LogP contribution < -0.4 is 15.4 Å². The number of ether oxygens (including phenoxy) is 2. The van der Waals surface area contributed by atoms with Crippen LogP contribution in [0.3, 0.4) is 0 Å². The molecule has 1 heterocycles. The van der Waals surface area contributed by atoms with Gasteiger partial charge in [0.2, 0.25) is 0 Å². The van der Waals surface area contributed by atoms with Crippen LogP contribution in [0.4, 0.5) is 16.2 Å². The normalized spacial score (nSPS) is 14.7. The Labute approximate surface area is 119 Å². The van der Waals surface area contributed by atoms with Crippen LogP contribution in [0.25, 0.3) is 0 Å². The Bertz CT molecular complexity index is 521. The molecule has 0 fully saturated rings. The van der Waals surface area contributed by atoms with Gasteiger partial charge in [-0.1, -0.05) is 0 Å². The van der Waals surface area contributed by atoms with Crippen molar-refractivity contribution in [1.29, 1.82) is 0 Å². The van der Waals surface area contributed by atoms with Gasteiger partial charge in [-0.05, 0) is 51.3 Å². The number of carbonyl (C=O) groups is 1. The van der Waals surface area contributed by atoms with Gasteiger partial charge in [0.25, 0.3) is 0 Å². The van der Waals surface area contributed by atoms with Crippen molar-refractivity contribution in [1.82, 2.24) is 0 Å².